The Morgan fingerprint density at radius 3 is 3.00 bits per heavy atom. The first-order valence-corrected chi connectivity index (χ1v) is 5.66. The van der Waals surface area contributed by atoms with Crippen molar-refractivity contribution in [3.05, 3.63) is 11.1 Å². The molecule has 5 nitrogen and oxygen atoms in total. The Morgan fingerprint density at radius 1 is 1.50 bits per heavy atom. The van der Waals surface area contributed by atoms with Crippen LogP contribution in [-0.2, 0) is 6.54 Å². The first-order valence-electron chi connectivity index (χ1n) is 5.25. The van der Waals surface area contributed by atoms with Crippen molar-refractivity contribution in [1.82, 2.24) is 19.5 Å². The highest BCUT2D eigenvalue weighted by Gasteiger charge is 2.10. The Balaban J connectivity index is 2.57. The third-order valence-corrected chi connectivity index (χ3v) is 2.78. The fraction of sp³-hybridized carbons (Fsp3) is 0.500. The monoisotopic (exact) mass is 238 g/mol. The molecule has 0 amide bonds. The quantitative estimate of drug-likeness (QED) is 0.830. The SMILES string of the molecule is CCCCn1c(=S)[nH]c2c(OC)ncnc21. The normalized spacial score (nSPS) is 10.9. The number of ether oxygens (including phenoxy) is 1. The number of rotatable bonds is 4. The molecule has 6 heteroatoms. The predicted molar refractivity (Wildman–Crippen MR) is 64.2 cm³/mol. The Hall–Kier alpha value is -1.43. The zero-order valence-electron chi connectivity index (χ0n) is 9.36. The molecule has 0 radical (unpaired) electrons. The van der Waals surface area contributed by atoms with Crippen LogP contribution in [0.4, 0.5) is 0 Å². The molecule has 2 heterocycles. The topological polar surface area (TPSA) is 55.7 Å². The van der Waals surface area contributed by atoms with E-state index in [2.05, 4.69) is 21.9 Å². The van der Waals surface area contributed by atoms with Gasteiger partial charge in [-0.1, -0.05) is 13.3 Å². The fourth-order valence-corrected chi connectivity index (χ4v) is 1.90. The third kappa shape index (κ3) is 1.80. The average molecular weight is 238 g/mol. The van der Waals surface area contributed by atoms with Gasteiger partial charge >= 0.3 is 0 Å². The van der Waals surface area contributed by atoms with E-state index in [9.17, 15) is 0 Å². The smallest absolute Gasteiger partial charge is 0.242 e. The second-order valence-corrected chi connectivity index (χ2v) is 3.90. The first kappa shape index (κ1) is 11.1. The molecule has 0 aliphatic heterocycles. The molecule has 2 aromatic rings. The molecule has 0 aliphatic rings. The predicted octanol–water partition coefficient (Wildman–Crippen LogP) is 2.30. The van der Waals surface area contributed by atoms with Gasteiger partial charge in [-0.15, -0.1) is 0 Å². The van der Waals surface area contributed by atoms with Gasteiger partial charge in [-0.25, -0.2) is 4.98 Å². The highest BCUT2D eigenvalue weighted by molar-refractivity contribution is 7.71. The second-order valence-electron chi connectivity index (χ2n) is 3.52. The lowest BCUT2D eigenvalue weighted by atomic mass is 10.3. The molecule has 16 heavy (non-hydrogen) atoms. The van der Waals surface area contributed by atoms with Gasteiger partial charge in [0.05, 0.1) is 7.11 Å². The Morgan fingerprint density at radius 2 is 2.31 bits per heavy atom. The van der Waals surface area contributed by atoms with Gasteiger partial charge in [0.2, 0.25) is 5.88 Å². The van der Waals surface area contributed by atoms with Crippen molar-refractivity contribution in [1.29, 1.82) is 0 Å². The van der Waals surface area contributed by atoms with E-state index < -0.39 is 0 Å². The van der Waals surface area contributed by atoms with Crippen LogP contribution >= 0.6 is 12.2 Å². The highest BCUT2D eigenvalue weighted by Crippen LogP contribution is 2.20. The summed E-state index contributed by atoms with van der Waals surface area (Å²) in [5, 5.41) is 0. The summed E-state index contributed by atoms with van der Waals surface area (Å²) >= 11 is 5.26. The van der Waals surface area contributed by atoms with Crippen LogP contribution in [-0.4, -0.2) is 26.6 Å². The number of aryl methyl sites for hydroxylation is 1. The molecule has 0 bridgehead atoms. The lowest BCUT2D eigenvalue weighted by Crippen LogP contribution is -1.99. The van der Waals surface area contributed by atoms with E-state index in [0.717, 1.165) is 30.6 Å². The summed E-state index contributed by atoms with van der Waals surface area (Å²) in [6, 6.07) is 0. The molecular weight excluding hydrogens is 224 g/mol. The minimum atomic E-state index is 0.534. The summed E-state index contributed by atoms with van der Waals surface area (Å²) in [6.45, 7) is 3.02. The lowest BCUT2D eigenvalue weighted by Gasteiger charge is -2.02. The van der Waals surface area contributed by atoms with Gasteiger partial charge in [0.25, 0.3) is 0 Å². The summed E-state index contributed by atoms with van der Waals surface area (Å²) in [7, 11) is 1.59. The number of aromatic amines is 1. The van der Waals surface area contributed by atoms with Crippen LogP contribution in [0, 0.1) is 4.77 Å². The number of nitrogens with zero attached hydrogens (tertiary/aromatic N) is 3. The van der Waals surface area contributed by atoms with Crippen LogP contribution in [0.1, 0.15) is 19.8 Å². The molecule has 0 fully saturated rings. The summed E-state index contributed by atoms with van der Waals surface area (Å²) in [4.78, 5) is 11.4. The van der Waals surface area contributed by atoms with Gasteiger partial charge < -0.3 is 14.3 Å². The zero-order chi connectivity index (χ0) is 11.5. The average Bonchev–Trinajstić information content (AvgIpc) is 2.62. The number of nitrogens with one attached hydrogen (secondary N) is 1. The molecule has 1 N–H and O–H groups in total. The summed E-state index contributed by atoms with van der Waals surface area (Å²) < 4.78 is 7.81. The van der Waals surface area contributed by atoms with Crippen molar-refractivity contribution in [2.45, 2.75) is 26.3 Å². The Labute approximate surface area is 98.5 Å². The van der Waals surface area contributed by atoms with Gasteiger partial charge in [-0.3, -0.25) is 0 Å². The zero-order valence-corrected chi connectivity index (χ0v) is 10.2. The molecular formula is C10H14N4OS. The van der Waals surface area contributed by atoms with E-state index >= 15 is 0 Å². The van der Waals surface area contributed by atoms with Crippen molar-refractivity contribution in [3.63, 3.8) is 0 Å². The van der Waals surface area contributed by atoms with Crippen molar-refractivity contribution in [2.75, 3.05) is 7.11 Å². The number of fused-ring (bicyclic) bond motifs is 1. The molecule has 0 unspecified atom stereocenters. The maximum atomic E-state index is 5.26. The number of imidazole rings is 1. The standard InChI is InChI=1S/C10H14N4OS/c1-3-4-5-14-8-7(13-10(14)16)9(15-2)12-6-11-8/h6H,3-5H2,1-2H3,(H,13,16). The fourth-order valence-electron chi connectivity index (χ4n) is 1.62. The molecule has 0 aromatic carbocycles. The van der Waals surface area contributed by atoms with Crippen molar-refractivity contribution < 1.29 is 4.74 Å². The van der Waals surface area contributed by atoms with E-state index in [4.69, 9.17) is 17.0 Å². The maximum absolute atomic E-state index is 5.26. The van der Waals surface area contributed by atoms with E-state index in [1.807, 2.05) is 4.57 Å². The Bertz CT molecular complexity index is 545. The summed E-state index contributed by atoms with van der Waals surface area (Å²) in [6.07, 6.45) is 3.69. The number of hydrogen-bond donors (Lipinski definition) is 1. The molecule has 2 aromatic heterocycles. The van der Waals surface area contributed by atoms with Crippen LogP contribution in [0.3, 0.4) is 0 Å². The molecule has 0 aliphatic carbocycles. The minimum Gasteiger partial charge on any atom is -0.479 e. The molecule has 0 saturated carbocycles. The largest absolute Gasteiger partial charge is 0.479 e. The van der Waals surface area contributed by atoms with E-state index in [1.54, 1.807) is 7.11 Å². The molecule has 86 valence electrons. The second kappa shape index (κ2) is 4.61. The van der Waals surface area contributed by atoms with Crippen LogP contribution in [0.2, 0.25) is 0 Å². The third-order valence-electron chi connectivity index (χ3n) is 2.45. The van der Waals surface area contributed by atoms with Crippen molar-refractivity contribution >= 4 is 23.4 Å². The van der Waals surface area contributed by atoms with Gasteiger partial charge in [0.1, 0.15) is 11.8 Å². The number of aromatic nitrogens is 4. The van der Waals surface area contributed by atoms with Gasteiger partial charge in [0.15, 0.2) is 10.4 Å². The molecule has 0 atom stereocenters. The number of unbranched alkanes of at least 4 members (excludes halogenated alkanes) is 1. The van der Waals surface area contributed by atoms with E-state index in [1.165, 1.54) is 6.33 Å². The molecule has 2 rings (SSSR count). The van der Waals surface area contributed by atoms with Crippen molar-refractivity contribution in [3.8, 4) is 5.88 Å². The number of hydrogen-bond acceptors (Lipinski definition) is 4. The number of H-pyrrole nitrogens is 1. The maximum Gasteiger partial charge on any atom is 0.242 e. The number of methoxy groups -OCH3 is 1. The Kier molecular flexibility index (Phi) is 3.19. The summed E-state index contributed by atoms with van der Waals surface area (Å²) in [5.41, 5.74) is 1.58. The minimum absolute atomic E-state index is 0.534. The van der Waals surface area contributed by atoms with Gasteiger partial charge in [-0.2, -0.15) is 4.98 Å². The van der Waals surface area contributed by atoms with Gasteiger partial charge in [-0.05, 0) is 18.6 Å². The van der Waals surface area contributed by atoms with E-state index in [0.29, 0.717) is 10.7 Å². The van der Waals surface area contributed by atoms with Crippen molar-refractivity contribution in [2.24, 2.45) is 0 Å². The van der Waals surface area contributed by atoms with Crippen LogP contribution in [0.25, 0.3) is 11.2 Å². The molecule has 0 spiro atoms. The van der Waals surface area contributed by atoms with Gasteiger partial charge in [0, 0.05) is 6.54 Å². The summed E-state index contributed by atoms with van der Waals surface area (Å²) in [5.74, 6) is 0.534. The first-order chi connectivity index (χ1) is 7.77. The van der Waals surface area contributed by atoms with Crippen LogP contribution in [0.15, 0.2) is 6.33 Å². The van der Waals surface area contributed by atoms with Crippen LogP contribution in [0.5, 0.6) is 5.88 Å². The highest BCUT2D eigenvalue weighted by atomic mass is 32.1. The molecule has 0 saturated heterocycles. The van der Waals surface area contributed by atoms with E-state index in [-0.39, 0.29) is 0 Å². The lowest BCUT2D eigenvalue weighted by molar-refractivity contribution is 0.401. The van der Waals surface area contributed by atoms with Crippen LogP contribution < -0.4 is 4.74 Å².